The van der Waals surface area contributed by atoms with Crippen molar-refractivity contribution >= 4 is 23.6 Å². The Bertz CT molecular complexity index is 1580. The second-order valence-electron chi connectivity index (χ2n) is 10.5. The Kier molecular flexibility index (Phi) is 12.0. The number of amides is 2. The van der Waals surface area contributed by atoms with Gasteiger partial charge >= 0.3 is 0 Å². The molecule has 0 saturated carbocycles. The molecule has 10 heteroatoms. The van der Waals surface area contributed by atoms with E-state index in [0.29, 0.717) is 44.8 Å². The Morgan fingerprint density at radius 3 is 2.36 bits per heavy atom. The van der Waals surface area contributed by atoms with Gasteiger partial charge in [-0.15, -0.1) is 0 Å². The van der Waals surface area contributed by atoms with Crippen molar-refractivity contribution in [2.75, 3.05) is 33.9 Å². The Morgan fingerprint density at radius 1 is 0.889 bits per heavy atom. The van der Waals surface area contributed by atoms with E-state index in [-0.39, 0.29) is 24.0 Å². The third-order valence-corrected chi connectivity index (χ3v) is 7.27. The maximum atomic E-state index is 13.9. The SMILES string of the molecule is COCCCN(CC(=O)N(Cc1ccccc1)Cc1cccn1Cc1cccc(OC)c1)C(=O)/C=C/c1ccc([N+](=O)[O-])cc1. The van der Waals surface area contributed by atoms with Crippen molar-refractivity contribution in [2.45, 2.75) is 26.1 Å². The molecule has 0 aliphatic carbocycles. The van der Waals surface area contributed by atoms with Crippen LogP contribution in [0.15, 0.2) is 103 Å². The van der Waals surface area contributed by atoms with Gasteiger partial charge in [0, 0.05) is 63.5 Å². The molecule has 0 atom stereocenters. The van der Waals surface area contributed by atoms with E-state index in [0.717, 1.165) is 22.6 Å². The molecule has 0 fully saturated rings. The molecule has 1 heterocycles. The summed E-state index contributed by atoms with van der Waals surface area (Å²) in [5.74, 6) is 0.254. The quantitative estimate of drug-likeness (QED) is 0.0712. The summed E-state index contributed by atoms with van der Waals surface area (Å²) in [7, 11) is 3.23. The van der Waals surface area contributed by atoms with Gasteiger partial charge in [0.1, 0.15) is 12.3 Å². The highest BCUT2D eigenvalue weighted by atomic mass is 16.6. The zero-order valence-electron chi connectivity index (χ0n) is 25.6. The van der Waals surface area contributed by atoms with E-state index in [9.17, 15) is 19.7 Å². The predicted octanol–water partition coefficient (Wildman–Crippen LogP) is 5.56. The summed E-state index contributed by atoms with van der Waals surface area (Å²) >= 11 is 0. The van der Waals surface area contributed by atoms with Gasteiger partial charge in [-0.1, -0.05) is 42.5 Å². The van der Waals surface area contributed by atoms with Gasteiger partial charge in [-0.3, -0.25) is 19.7 Å². The van der Waals surface area contributed by atoms with Crippen molar-refractivity contribution in [1.29, 1.82) is 0 Å². The number of ether oxygens (including phenoxy) is 2. The molecule has 0 bridgehead atoms. The first-order chi connectivity index (χ1) is 21.9. The molecular formula is C35H38N4O6. The fourth-order valence-corrected chi connectivity index (χ4v) is 4.86. The summed E-state index contributed by atoms with van der Waals surface area (Å²) in [4.78, 5) is 41.0. The molecular weight excluding hydrogens is 572 g/mol. The van der Waals surface area contributed by atoms with Crippen LogP contribution in [0.2, 0.25) is 0 Å². The van der Waals surface area contributed by atoms with Crippen LogP contribution >= 0.6 is 0 Å². The van der Waals surface area contributed by atoms with Crippen LogP contribution < -0.4 is 4.74 Å². The van der Waals surface area contributed by atoms with Gasteiger partial charge in [-0.05, 0) is 65.6 Å². The van der Waals surface area contributed by atoms with E-state index < -0.39 is 4.92 Å². The summed E-state index contributed by atoms with van der Waals surface area (Å²) in [5, 5.41) is 11.0. The summed E-state index contributed by atoms with van der Waals surface area (Å²) < 4.78 is 12.7. The molecule has 0 aliphatic rings. The van der Waals surface area contributed by atoms with Gasteiger partial charge in [0.25, 0.3) is 5.69 Å². The van der Waals surface area contributed by atoms with Crippen LogP contribution in [0.3, 0.4) is 0 Å². The summed E-state index contributed by atoms with van der Waals surface area (Å²) in [6.45, 7) is 1.99. The number of carbonyl (C=O) groups is 2. The lowest BCUT2D eigenvalue weighted by Gasteiger charge is -2.28. The molecule has 0 aliphatic heterocycles. The molecule has 10 nitrogen and oxygen atoms in total. The minimum Gasteiger partial charge on any atom is -0.497 e. The van der Waals surface area contributed by atoms with Crippen LogP contribution in [0.1, 0.15) is 28.8 Å². The van der Waals surface area contributed by atoms with Crippen molar-refractivity contribution in [3.05, 3.63) is 136 Å². The second-order valence-corrected chi connectivity index (χ2v) is 10.5. The monoisotopic (exact) mass is 610 g/mol. The van der Waals surface area contributed by atoms with E-state index in [1.165, 1.54) is 23.1 Å². The second kappa shape index (κ2) is 16.6. The number of hydrogen-bond donors (Lipinski definition) is 0. The van der Waals surface area contributed by atoms with Gasteiger partial charge in [0.15, 0.2) is 0 Å². The molecule has 0 saturated heterocycles. The van der Waals surface area contributed by atoms with Gasteiger partial charge in [-0.25, -0.2) is 0 Å². The van der Waals surface area contributed by atoms with Gasteiger partial charge in [-0.2, -0.15) is 0 Å². The molecule has 0 N–H and O–H groups in total. The molecule has 0 radical (unpaired) electrons. The van der Waals surface area contributed by atoms with Crippen LogP contribution in [0.25, 0.3) is 6.08 Å². The Labute approximate surface area is 263 Å². The van der Waals surface area contributed by atoms with Gasteiger partial charge < -0.3 is 23.8 Å². The molecule has 3 aromatic carbocycles. The highest BCUT2D eigenvalue weighted by Gasteiger charge is 2.22. The molecule has 45 heavy (non-hydrogen) atoms. The average Bonchev–Trinajstić information content (AvgIpc) is 3.49. The number of nitro benzene ring substituents is 1. The number of carbonyl (C=O) groups excluding carboxylic acids is 2. The normalized spacial score (nSPS) is 11.0. The molecule has 0 unspecified atom stereocenters. The van der Waals surface area contributed by atoms with Crippen molar-refractivity contribution < 1.29 is 24.0 Å². The maximum absolute atomic E-state index is 13.9. The molecule has 4 rings (SSSR count). The lowest BCUT2D eigenvalue weighted by molar-refractivity contribution is -0.384. The molecule has 4 aromatic rings. The van der Waals surface area contributed by atoms with Crippen molar-refractivity contribution in [2.24, 2.45) is 0 Å². The van der Waals surface area contributed by atoms with Crippen LogP contribution in [0.4, 0.5) is 5.69 Å². The highest BCUT2D eigenvalue weighted by molar-refractivity contribution is 5.94. The molecule has 0 spiro atoms. The summed E-state index contributed by atoms with van der Waals surface area (Å²) in [6, 6.07) is 27.5. The Hall–Kier alpha value is -5.22. The van der Waals surface area contributed by atoms with Crippen molar-refractivity contribution in [3.63, 3.8) is 0 Å². The van der Waals surface area contributed by atoms with Gasteiger partial charge in [0.2, 0.25) is 11.8 Å². The number of aromatic nitrogens is 1. The number of benzene rings is 3. The number of nitro groups is 1. The largest absolute Gasteiger partial charge is 0.497 e. The number of hydrogen-bond acceptors (Lipinski definition) is 6. The Balaban J connectivity index is 1.53. The molecule has 1 aromatic heterocycles. The van der Waals surface area contributed by atoms with E-state index in [2.05, 4.69) is 4.57 Å². The zero-order valence-corrected chi connectivity index (χ0v) is 25.6. The van der Waals surface area contributed by atoms with E-state index in [1.54, 1.807) is 37.3 Å². The summed E-state index contributed by atoms with van der Waals surface area (Å²) in [5.41, 5.74) is 3.62. The van der Waals surface area contributed by atoms with Crippen LogP contribution in [0.5, 0.6) is 5.75 Å². The lowest BCUT2D eigenvalue weighted by Crippen LogP contribution is -2.42. The van der Waals surface area contributed by atoms with Crippen LogP contribution in [-0.4, -0.2) is 65.0 Å². The van der Waals surface area contributed by atoms with Crippen LogP contribution in [-0.2, 0) is 34.0 Å². The van der Waals surface area contributed by atoms with Crippen LogP contribution in [0, 0.1) is 10.1 Å². The van der Waals surface area contributed by atoms with Crippen molar-refractivity contribution in [1.82, 2.24) is 14.4 Å². The lowest BCUT2D eigenvalue weighted by atomic mass is 10.2. The topological polar surface area (TPSA) is 107 Å². The smallest absolute Gasteiger partial charge is 0.269 e. The number of methoxy groups -OCH3 is 2. The third-order valence-electron chi connectivity index (χ3n) is 7.27. The standard InChI is InChI=1S/C35H38N4O6/c1-44-22-8-21-37(34(40)19-16-28-14-17-31(18-15-28)39(42)43)27-35(41)38(24-29-9-4-3-5-10-29)26-32-12-7-20-36(32)25-30-11-6-13-33(23-30)45-2/h3-7,9-20,23H,8,21-22,24-27H2,1-2H3/b19-16+. The van der Waals surface area contributed by atoms with E-state index in [1.807, 2.05) is 72.9 Å². The minimum absolute atomic E-state index is 0.0292. The minimum atomic E-state index is -0.473. The molecule has 2 amide bonds. The number of nitrogens with zero attached hydrogens (tertiary/aromatic N) is 4. The zero-order chi connectivity index (χ0) is 32.0. The fraction of sp³-hybridized carbons (Fsp3) is 0.257. The first-order valence-electron chi connectivity index (χ1n) is 14.7. The highest BCUT2D eigenvalue weighted by Crippen LogP contribution is 2.18. The van der Waals surface area contributed by atoms with Crippen molar-refractivity contribution in [3.8, 4) is 5.75 Å². The number of rotatable bonds is 16. The van der Waals surface area contributed by atoms with E-state index >= 15 is 0 Å². The summed E-state index contributed by atoms with van der Waals surface area (Å²) in [6.07, 6.45) is 5.53. The third kappa shape index (κ3) is 9.90. The Morgan fingerprint density at radius 2 is 1.64 bits per heavy atom. The first-order valence-corrected chi connectivity index (χ1v) is 14.7. The number of non-ortho nitro benzene ring substituents is 1. The fourth-order valence-electron chi connectivity index (χ4n) is 4.86. The first kappa shape index (κ1) is 32.7. The van der Waals surface area contributed by atoms with Gasteiger partial charge in [0.05, 0.1) is 18.6 Å². The predicted molar refractivity (Wildman–Crippen MR) is 172 cm³/mol. The maximum Gasteiger partial charge on any atom is 0.269 e. The molecule has 234 valence electrons. The average molecular weight is 611 g/mol. The van der Waals surface area contributed by atoms with E-state index in [4.69, 9.17) is 9.47 Å².